The number of hydrogen-bond acceptors (Lipinski definition) is 1. The maximum Gasteiger partial charge on any atom is -0.0167 e. The number of fused-ring (bicyclic) bond motifs is 5. The van der Waals surface area contributed by atoms with Gasteiger partial charge in [-0.3, -0.25) is 0 Å². The van der Waals surface area contributed by atoms with Crippen molar-refractivity contribution in [3.8, 4) is 0 Å². The Morgan fingerprint density at radius 3 is 2.37 bits per heavy atom. The van der Waals surface area contributed by atoms with Gasteiger partial charge in [0.05, 0.1) is 0 Å². The quantitative estimate of drug-likeness (QED) is 0.405. The number of hydrogen-bond donors (Lipinski definition) is 1. The zero-order valence-electron chi connectivity index (χ0n) is 18.9. The molecule has 7 unspecified atom stereocenters. The van der Waals surface area contributed by atoms with Gasteiger partial charge in [0.1, 0.15) is 0 Å². The number of allylic oxidation sites excluding steroid dienone is 1. The van der Waals surface area contributed by atoms with E-state index in [0.29, 0.717) is 10.8 Å². The van der Waals surface area contributed by atoms with Crippen molar-refractivity contribution in [1.29, 1.82) is 0 Å². The molecule has 0 saturated heterocycles. The molecule has 0 radical (unpaired) electrons. The molecule has 4 saturated carbocycles. The Balaban J connectivity index is 0.000000659. The summed E-state index contributed by atoms with van der Waals surface area (Å²) >= 11 is 0. The fraction of sp³-hybridized carbons (Fsp3) is 0.923. The van der Waals surface area contributed by atoms with E-state index in [9.17, 15) is 0 Å². The molecule has 1 N–H and O–H groups in total. The van der Waals surface area contributed by atoms with Crippen LogP contribution in [-0.2, 0) is 0 Å². The summed E-state index contributed by atoms with van der Waals surface area (Å²) in [6.45, 7) is 9.34. The van der Waals surface area contributed by atoms with E-state index in [2.05, 4.69) is 31.8 Å². The smallest absolute Gasteiger partial charge is 0.0167 e. The second kappa shape index (κ2) is 9.02. The van der Waals surface area contributed by atoms with Crippen LogP contribution in [0.4, 0.5) is 0 Å². The number of rotatable bonds is 4. The summed E-state index contributed by atoms with van der Waals surface area (Å²) in [5.74, 6) is 5.29. The van der Waals surface area contributed by atoms with E-state index in [1.165, 1.54) is 38.5 Å². The summed E-state index contributed by atoms with van der Waals surface area (Å²) < 4.78 is 0. The molecule has 156 valence electrons. The fourth-order valence-electron chi connectivity index (χ4n) is 8.39. The minimum absolute atomic E-state index is 0.681. The molecule has 0 spiro atoms. The van der Waals surface area contributed by atoms with Gasteiger partial charge >= 0.3 is 0 Å². The van der Waals surface area contributed by atoms with Crippen molar-refractivity contribution < 1.29 is 0 Å². The molecule has 0 amide bonds. The third-order valence-electron chi connectivity index (χ3n) is 9.74. The van der Waals surface area contributed by atoms with E-state index in [4.69, 9.17) is 0 Å². The van der Waals surface area contributed by atoms with Crippen LogP contribution in [0.2, 0.25) is 0 Å². The van der Waals surface area contributed by atoms with Gasteiger partial charge in [-0.2, -0.15) is 0 Å². The summed E-state index contributed by atoms with van der Waals surface area (Å²) in [5.41, 5.74) is 1.39. The highest BCUT2D eigenvalue weighted by molar-refractivity contribution is 5.08. The molecule has 0 aromatic rings. The topological polar surface area (TPSA) is 12.0 Å². The first-order valence-electron chi connectivity index (χ1n) is 12.2. The summed E-state index contributed by atoms with van der Waals surface area (Å²) in [6, 6.07) is 0. The van der Waals surface area contributed by atoms with Crippen molar-refractivity contribution in [2.24, 2.45) is 40.4 Å². The first kappa shape index (κ1) is 21.4. The van der Waals surface area contributed by atoms with Crippen LogP contribution in [-0.4, -0.2) is 14.1 Å². The Hall–Kier alpha value is -0.300. The summed E-state index contributed by atoms with van der Waals surface area (Å²) in [7, 11) is 3.75. The molecule has 0 heterocycles. The van der Waals surface area contributed by atoms with Gasteiger partial charge in [-0.1, -0.05) is 32.8 Å². The molecule has 1 heteroatoms. The standard InChI is InChI=1S/C24H40.C2H7N/c1-4-5-6-9-19-12-14-21-20-13-11-18-10-7-8-16-23(18,2)22(20)15-17-24(19,21)3;1-3-2/h4,18-22H,1,5-17H2,2-3H3;3H,1-2H3. The van der Waals surface area contributed by atoms with Crippen LogP contribution in [0.1, 0.15) is 97.3 Å². The maximum absolute atomic E-state index is 3.92. The lowest BCUT2D eigenvalue weighted by Crippen LogP contribution is -2.52. The van der Waals surface area contributed by atoms with Gasteiger partial charge in [0.15, 0.2) is 0 Å². The predicted octanol–water partition coefficient (Wildman–Crippen LogP) is 7.23. The van der Waals surface area contributed by atoms with Crippen LogP contribution >= 0.6 is 0 Å². The molecular formula is C26H47N. The summed E-state index contributed by atoms with van der Waals surface area (Å²) in [4.78, 5) is 0. The van der Waals surface area contributed by atoms with Gasteiger partial charge < -0.3 is 5.32 Å². The minimum atomic E-state index is 0.681. The van der Waals surface area contributed by atoms with E-state index in [1.54, 1.807) is 44.9 Å². The zero-order chi connectivity index (χ0) is 19.5. The molecule has 0 aromatic carbocycles. The van der Waals surface area contributed by atoms with Crippen molar-refractivity contribution in [3.63, 3.8) is 0 Å². The molecule has 0 bridgehead atoms. The molecule has 27 heavy (non-hydrogen) atoms. The molecule has 4 rings (SSSR count). The highest BCUT2D eigenvalue weighted by Gasteiger charge is 2.59. The molecule has 0 aromatic heterocycles. The Morgan fingerprint density at radius 1 is 0.889 bits per heavy atom. The molecule has 1 nitrogen and oxygen atoms in total. The van der Waals surface area contributed by atoms with Crippen molar-refractivity contribution in [3.05, 3.63) is 12.7 Å². The second-order valence-corrected chi connectivity index (χ2v) is 10.9. The van der Waals surface area contributed by atoms with E-state index >= 15 is 0 Å². The summed E-state index contributed by atoms with van der Waals surface area (Å²) in [5, 5.41) is 2.75. The predicted molar refractivity (Wildman–Crippen MR) is 119 cm³/mol. The van der Waals surface area contributed by atoms with E-state index in [1.807, 2.05) is 14.1 Å². The third-order valence-corrected chi connectivity index (χ3v) is 9.74. The van der Waals surface area contributed by atoms with E-state index in [0.717, 1.165) is 29.6 Å². The minimum Gasteiger partial charge on any atom is -0.323 e. The maximum atomic E-state index is 3.92. The van der Waals surface area contributed by atoms with Gasteiger partial charge in [-0.25, -0.2) is 0 Å². The van der Waals surface area contributed by atoms with Crippen molar-refractivity contribution in [1.82, 2.24) is 5.32 Å². The van der Waals surface area contributed by atoms with Crippen LogP contribution in [0.25, 0.3) is 0 Å². The summed E-state index contributed by atoms with van der Waals surface area (Å²) in [6.07, 6.45) is 21.6. The number of unbranched alkanes of at least 4 members (excludes halogenated alkanes) is 1. The molecule has 0 aliphatic heterocycles. The Bertz CT molecular complexity index is 485. The van der Waals surface area contributed by atoms with E-state index in [-0.39, 0.29) is 0 Å². The molecule has 4 aliphatic rings. The average molecular weight is 374 g/mol. The fourth-order valence-corrected chi connectivity index (χ4v) is 8.39. The zero-order valence-corrected chi connectivity index (χ0v) is 18.9. The molecule has 7 atom stereocenters. The van der Waals surface area contributed by atoms with Crippen LogP contribution in [0.5, 0.6) is 0 Å². The SMILES string of the molecule is C=CCCCC1CCC2C3CCC4CCCCC4(C)C3CCC12C.CNC. The monoisotopic (exact) mass is 373 g/mol. The normalized spacial score (nSPS) is 45.7. The molecule has 4 aliphatic carbocycles. The Kier molecular flexibility index (Phi) is 7.15. The highest BCUT2D eigenvalue weighted by Crippen LogP contribution is 2.67. The van der Waals surface area contributed by atoms with E-state index < -0.39 is 0 Å². The Morgan fingerprint density at radius 2 is 1.63 bits per heavy atom. The van der Waals surface area contributed by atoms with Gasteiger partial charge in [-0.05, 0) is 125 Å². The van der Waals surface area contributed by atoms with Crippen molar-refractivity contribution in [2.75, 3.05) is 14.1 Å². The average Bonchev–Trinajstić information content (AvgIpc) is 2.99. The van der Waals surface area contributed by atoms with Gasteiger partial charge in [0.2, 0.25) is 0 Å². The van der Waals surface area contributed by atoms with Crippen molar-refractivity contribution in [2.45, 2.75) is 97.3 Å². The number of nitrogens with one attached hydrogen (secondary N) is 1. The highest BCUT2D eigenvalue weighted by atomic mass is 14.7. The van der Waals surface area contributed by atoms with Crippen LogP contribution in [0, 0.1) is 40.4 Å². The van der Waals surface area contributed by atoms with Crippen LogP contribution in [0.15, 0.2) is 12.7 Å². The Labute approximate surface area is 170 Å². The lowest BCUT2D eigenvalue weighted by atomic mass is 9.45. The molecular weight excluding hydrogens is 326 g/mol. The lowest BCUT2D eigenvalue weighted by Gasteiger charge is -2.60. The van der Waals surface area contributed by atoms with Crippen LogP contribution in [0.3, 0.4) is 0 Å². The van der Waals surface area contributed by atoms with Crippen LogP contribution < -0.4 is 5.32 Å². The van der Waals surface area contributed by atoms with Crippen molar-refractivity contribution >= 4 is 0 Å². The molecule has 4 fully saturated rings. The second-order valence-electron chi connectivity index (χ2n) is 10.9. The third kappa shape index (κ3) is 3.92. The first-order valence-corrected chi connectivity index (χ1v) is 12.2. The first-order chi connectivity index (χ1) is 13.0. The van der Waals surface area contributed by atoms with Gasteiger partial charge in [0.25, 0.3) is 0 Å². The lowest BCUT2D eigenvalue weighted by molar-refractivity contribution is -0.111. The van der Waals surface area contributed by atoms with Gasteiger partial charge in [0, 0.05) is 0 Å². The largest absolute Gasteiger partial charge is 0.323 e. The van der Waals surface area contributed by atoms with Gasteiger partial charge in [-0.15, -0.1) is 6.58 Å².